The molecular weight excluding hydrogens is 420 g/mol. The Kier molecular flexibility index (Phi) is 4.96. The van der Waals surface area contributed by atoms with Crippen molar-refractivity contribution in [3.05, 3.63) is 59.1 Å². The van der Waals surface area contributed by atoms with Gasteiger partial charge in [-0.2, -0.15) is 4.37 Å². The lowest BCUT2D eigenvalue weighted by Gasteiger charge is -2.11. The predicted molar refractivity (Wildman–Crippen MR) is 107 cm³/mol. The molecule has 0 aliphatic carbocycles. The molecule has 0 bridgehead atoms. The summed E-state index contributed by atoms with van der Waals surface area (Å²) in [4.78, 5) is 12.7. The Hall–Kier alpha value is -2.62. The predicted octanol–water partition coefficient (Wildman–Crippen LogP) is 3.78. The van der Waals surface area contributed by atoms with Gasteiger partial charge in [-0.15, -0.1) is 0 Å². The summed E-state index contributed by atoms with van der Waals surface area (Å²) < 4.78 is 34.6. The Morgan fingerprint density at radius 2 is 1.93 bits per heavy atom. The Morgan fingerprint density at radius 3 is 2.68 bits per heavy atom. The maximum absolute atomic E-state index is 12.7. The van der Waals surface area contributed by atoms with Gasteiger partial charge < -0.3 is 4.74 Å². The molecule has 142 valence electrons. The number of hydrogen-bond donors (Lipinski definition) is 0. The lowest BCUT2D eigenvalue weighted by Crippen LogP contribution is -2.05. The summed E-state index contributed by atoms with van der Waals surface area (Å²) >= 11 is 7.10. The van der Waals surface area contributed by atoms with Gasteiger partial charge in [0, 0.05) is 16.0 Å². The first kappa shape index (κ1) is 18.7. The van der Waals surface area contributed by atoms with E-state index in [1.807, 2.05) is 6.07 Å². The van der Waals surface area contributed by atoms with Crippen LogP contribution >= 0.6 is 23.1 Å². The van der Waals surface area contributed by atoms with E-state index < -0.39 is 9.84 Å². The fraction of sp³-hybridized carbons (Fsp3) is 0.111. The van der Waals surface area contributed by atoms with Crippen LogP contribution in [0.4, 0.5) is 0 Å². The van der Waals surface area contributed by atoms with Crippen LogP contribution in [0.2, 0.25) is 5.02 Å². The molecule has 28 heavy (non-hydrogen) atoms. The molecule has 7 nitrogen and oxygen atoms in total. The van der Waals surface area contributed by atoms with Crippen molar-refractivity contribution in [3.8, 4) is 17.0 Å². The summed E-state index contributed by atoms with van der Waals surface area (Å²) in [7, 11) is -2.01. The fourth-order valence-corrected chi connectivity index (χ4v) is 5.09. The Balaban J connectivity index is 1.81. The summed E-state index contributed by atoms with van der Waals surface area (Å²) in [6.45, 7) is 0. The molecule has 0 unspecified atom stereocenters. The van der Waals surface area contributed by atoms with Crippen molar-refractivity contribution in [2.45, 2.75) is 10.6 Å². The second-order valence-corrected chi connectivity index (χ2v) is 9.13. The third-order valence-corrected chi connectivity index (χ3v) is 6.81. The molecule has 0 N–H and O–H groups in total. The zero-order chi connectivity index (χ0) is 19.7. The van der Waals surface area contributed by atoms with Gasteiger partial charge in [0.2, 0.25) is 0 Å². The van der Waals surface area contributed by atoms with Crippen LogP contribution in [0.3, 0.4) is 0 Å². The van der Waals surface area contributed by atoms with Gasteiger partial charge in [-0.1, -0.05) is 11.6 Å². The first-order valence-corrected chi connectivity index (χ1v) is 10.9. The van der Waals surface area contributed by atoms with E-state index in [0.717, 1.165) is 17.1 Å². The van der Waals surface area contributed by atoms with Gasteiger partial charge in [0.05, 0.1) is 23.2 Å². The third-order valence-electron chi connectivity index (χ3n) is 4.11. The minimum Gasteiger partial charge on any atom is -0.496 e. The Morgan fingerprint density at radius 1 is 1.07 bits per heavy atom. The van der Waals surface area contributed by atoms with E-state index in [1.54, 1.807) is 37.4 Å². The van der Waals surface area contributed by atoms with E-state index in [0.29, 0.717) is 32.4 Å². The van der Waals surface area contributed by atoms with Gasteiger partial charge in [0.25, 0.3) is 0 Å². The minimum atomic E-state index is -3.57. The van der Waals surface area contributed by atoms with E-state index >= 15 is 0 Å². The van der Waals surface area contributed by atoms with Crippen molar-refractivity contribution in [2.24, 2.45) is 0 Å². The highest BCUT2D eigenvalue weighted by atomic mass is 35.5. The topological polar surface area (TPSA) is 94.9 Å². The van der Waals surface area contributed by atoms with Crippen LogP contribution in [0.5, 0.6) is 5.75 Å². The molecule has 2 aromatic heterocycles. The summed E-state index contributed by atoms with van der Waals surface area (Å²) in [5, 5.41) is 1.69. The quantitative estimate of drug-likeness (QED) is 0.473. The van der Waals surface area contributed by atoms with E-state index in [2.05, 4.69) is 19.3 Å². The van der Waals surface area contributed by atoms with Crippen molar-refractivity contribution < 1.29 is 13.2 Å². The van der Waals surface area contributed by atoms with Gasteiger partial charge in [-0.25, -0.2) is 23.4 Å². The van der Waals surface area contributed by atoms with Crippen molar-refractivity contribution in [3.63, 3.8) is 0 Å². The monoisotopic (exact) mass is 432 g/mol. The molecule has 4 aromatic rings. The number of halogens is 1. The van der Waals surface area contributed by atoms with Crippen LogP contribution in [0, 0.1) is 0 Å². The van der Waals surface area contributed by atoms with Crippen molar-refractivity contribution >= 4 is 43.9 Å². The van der Waals surface area contributed by atoms with E-state index in [1.165, 1.54) is 12.7 Å². The molecule has 2 aromatic carbocycles. The van der Waals surface area contributed by atoms with Crippen LogP contribution in [0.1, 0.15) is 5.01 Å². The second kappa shape index (κ2) is 7.42. The molecule has 0 atom stereocenters. The number of hydrogen-bond acceptors (Lipinski definition) is 8. The van der Waals surface area contributed by atoms with Gasteiger partial charge in [0.15, 0.2) is 9.84 Å². The van der Waals surface area contributed by atoms with E-state index in [4.69, 9.17) is 16.3 Å². The average molecular weight is 433 g/mol. The SMILES string of the molecule is COc1cc(Cl)ccc1-c1ncnc2cc(S(=O)(=O)Cc3ncns3)ccc12. The van der Waals surface area contributed by atoms with Crippen LogP contribution in [0.25, 0.3) is 22.2 Å². The maximum Gasteiger partial charge on any atom is 0.185 e. The Bertz CT molecular complexity index is 1260. The smallest absolute Gasteiger partial charge is 0.185 e. The first-order chi connectivity index (χ1) is 13.5. The van der Waals surface area contributed by atoms with Gasteiger partial charge >= 0.3 is 0 Å². The van der Waals surface area contributed by atoms with Gasteiger partial charge in [0.1, 0.15) is 29.2 Å². The highest BCUT2D eigenvalue weighted by Gasteiger charge is 2.19. The molecule has 0 spiro atoms. The molecule has 0 amide bonds. The number of rotatable bonds is 5. The molecule has 0 aliphatic heterocycles. The summed E-state index contributed by atoms with van der Waals surface area (Å²) in [6, 6.07) is 10.0. The molecule has 4 rings (SSSR count). The molecule has 0 radical (unpaired) electrons. The number of sulfone groups is 1. The fourth-order valence-electron chi connectivity index (χ4n) is 2.81. The summed E-state index contributed by atoms with van der Waals surface area (Å²) in [5.41, 5.74) is 1.88. The van der Waals surface area contributed by atoms with E-state index in [9.17, 15) is 8.42 Å². The number of fused-ring (bicyclic) bond motifs is 1. The first-order valence-electron chi connectivity index (χ1n) is 8.05. The highest BCUT2D eigenvalue weighted by molar-refractivity contribution is 7.90. The lowest BCUT2D eigenvalue weighted by atomic mass is 10.1. The van der Waals surface area contributed by atoms with Crippen molar-refractivity contribution in [1.82, 2.24) is 19.3 Å². The molecular formula is C18H13ClN4O3S2. The zero-order valence-corrected chi connectivity index (χ0v) is 16.9. The Labute approximate surface area is 170 Å². The zero-order valence-electron chi connectivity index (χ0n) is 14.5. The molecule has 0 saturated heterocycles. The van der Waals surface area contributed by atoms with Crippen molar-refractivity contribution in [2.75, 3.05) is 7.11 Å². The van der Waals surface area contributed by atoms with E-state index in [-0.39, 0.29) is 10.6 Å². The number of benzene rings is 2. The standard InChI is InChI=1S/C18H13ClN4O3S2/c1-26-16-6-11(19)2-4-14(16)18-13-5-3-12(7-15(13)20-9-22-18)28(24,25)8-17-21-10-23-27-17/h2-7,9-10H,8H2,1H3. The maximum atomic E-state index is 12.7. The van der Waals surface area contributed by atoms with Crippen molar-refractivity contribution in [1.29, 1.82) is 0 Å². The normalized spacial score (nSPS) is 11.6. The number of ether oxygens (including phenoxy) is 1. The van der Waals surface area contributed by atoms with Crippen LogP contribution in [0.15, 0.2) is 53.9 Å². The number of methoxy groups -OCH3 is 1. The lowest BCUT2D eigenvalue weighted by molar-refractivity contribution is 0.416. The molecule has 2 heterocycles. The van der Waals surface area contributed by atoms with Crippen LogP contribution in [-0.2, 0) is 15.6 Å². The molecule has 0 aliphatic rings. The molecule has 0 saturated carbocycles. The van der Waals surface area contributed by atoms with Gasteiger partial charge in [-0.3, -0.25) is 0 Å². The molecule has 0 fully saturated rings. The second-order valence-electron chi connectivity index (χ2n) is 5.84. The molecule has 10 heteroatoms. The highest BCUT2D eigenvalue weighted by Crippen LogP contribution is 2.35. The number of nitrogens with zero attached hydrogens (tertiary/aromatic N) is 4. The largest absolute Gasteiger partial charge is 0.496 e. The summed E-state index contributed by atoms with van der Waals surface area (Å²) in [5.74, 6) is 0.368. The minimum absolute atomic E-state index is 0.169. The third kappa shape index (κ3) is 3.56. The number of aromatic nitrogens is 4. The average Bonchev–Trinajstić information content (AvgIpc) is 3.19. The van der Waals surface area contributed by atoms with Crippen LogP contribution in [-0.4, -0.2) is 34.9 Å². The van der Waals surface area contributed by atoms with Gasteiger partial charge in [-0.05, 0) is 47.9 Å². The van der Waals surface area contributed by atoms with Crippen LogP contribution < -0.4 is 4.74 Å². The summed E-state index contributed by atoms with van der Waals surface area (Å²) in [6.07, 6.45) is 2.74.